The Hall–Kier alpha value is -1.36. The Morgan fingerprint density at radius 2 is 2.28 bits per heavy atom. The van der Waals surface area contributed by atoms with Crippen molar-refractivity contribution in [3.05, 3.63) is 27.4 Å². The van der Waals surface area contributed by atoms with Crippen LogP contribution in [0.4, 0.5) is 0 Å². The molecule has 1 heterocycles. The molecule has 18 heavy (non-hydrogen) atoms. The first-order valence-electron chi connectivity index (χ1n) is 6.04. The Morgan fingerprint density at radius 3 is 2.83 bits per heavy atom. The summed E-state index contributed by atoms with van der Waals surface area (Å²) in [7, 11) is 1.78. The summed E-state index contributed by atoms with van der Waals surface area (Å²) in [5, 5.41) is 0.177. The first kappa shape index (κ1) is 13.1. The zero-order valence-electron chi connectivity index (χ0n) is 10.5. The molecule has 1 amide bonds. The van der Waals surface area contributed by atoms with Crippen LogP contribution < -0.4 is 5.56 Å². The lowest BCUT2D eigenvalue weighted by atomic mass is 10.4. The van der Waals surface area contributed by atoms with E-state index in [1.54, 1.807) is 11.9 Å². The molecule has 0 saturated heterocycles. The van der Waals surface area contributed by atoms with Crippen molar-refractivity contribution < 1.29 is 4.79 Å². The zero-order valence-corrected chi connectivity index (χ0v) is 11.3. The minimum absolute atomic E-state index is 0.0408. The fourth-order valence-electron chi connectivity index (χ4n) is 1.87. The largest absolute Gasteiger partial charge is 0.341 e. The lowest BCUT2D eigenvalue weighted by Crippen LogP contribution is -2.36. The monoisotopic (exact) mass is 269 g/mol. The lowest BCUT2D eigenvalue weighted by molar-refractivity contribution is -0.131. The molecular formula is C12H16ClN3O2. The van der Waals surface area contributed by atoms with Crippen LogP contribution in [0.25, 0.3) is 0 Å². The smallest absolute Gasteiger partial charge is 0.255 e. The second-order valence-electron chi connectivity index (χ2n) is 4.51. The topological polar surface area (TPSA) is 55.2 Å². The third-order valence-electron chi connectivity index (χ3n) is 3.15. The molecule has 1 aliphatic carbocycles. The van der Waals surface area contributed by atoms with Crippen LogP contribution in [0.1, 0.15) is 25.6 Å². The minimum Gasteiger partial charge on any atom is -0.341 e. The summed E-state index contributed by atoms with van der Waals surface area (Å²) in [6.45, 7) is 1.92. The van der Waals surface area contributed by atoms with Crippen molar-refractivity contribution in [3.8, 4) is 0 Å². The van der Waals surface area contributed by atoms with E-state index in [0.29, 0.717) is 18.3 Å². The first-order valence-corrected chi connectivity index (χ1v) is 6.42. The molecule has 0 aromatic carbocycles. The summed E-state index contributed by atoms with van der Waals surface area (Å²) in [5.41, 5.74) is -0.274. The molecule has 0 atom stereocenters. The fourth-order valence-corrected chi connectivity index (χ4v) is 2.07. The molecule has 1 fully saturated rings. The van der Waals surface area contributed by atoms with Gasteiger partial charge in [0.25, 0.3) is 5.56 Å². The molecule has 0 N–H and O–H groups in total. The number of likely N-dealkylation sites (N-methyl/N-ethyl adjacent to an activating group) is 1. The predicted octanol–water partition coefficient (Wildman–Crippen LogP) is 1.08. The Morgan fingerprint density at radius 1 is 1.61 bits per heavy atom. The highest BCUT2D eigenvalue weighted by molar-refractivity contribution is 6.29. The van der Waals surface area contributed by atoms with Gasteiger partial charge in [-0.2, -0.15) is 0 Å². The first-order chi connectivity index (χ1) is 8.52. The number of nitrogens with zero attached hydrogens (tertiary/aromatic N) is 3. The number of carbonyl (C=O) groups excluding carboxylic acids is 1. The fraction of sp³-hybridized carbons (Fsp3) is 0.583. The third-order valence-corrected chi connectivity index (χ3v) is 3.35. The average Bonchev–Trinajstić information content (AvgIpc) is 3.15. The van der Waals surface area contributed by atoms with Gasteiger partial charge in [-0.15, -0.1) is 0 Å². The van der Waals surface area contributed by atoms with E-state index in [2.05, 4.69) is 4.98 Å². The number of aryl methyl sites for hydroxylation is 1. The van der Waals surface area contributed by atoms with E-state index in [4.69, 9.17) is 11.6 Å². The molecule has 0 spiro atoms. The molecule has 0 radical (unpaired) electrons. The number of aromatic nitrogens is 2. The van der Waals surface area contributed by atoms with Gasteiger partial charge in [-0.3, -0.25) is 14.2 Å². The van der Waals surface area contributed by atoms with Gasteiger partial charge < -0.3 is 4.90 Å². The van der Waals surface area contributed by atoms with Crippen LogP contribution in [0.5, 0.6) is 0 Å². The Bertz CT molecular complexity index is 523. The molecule has 0 aliphatic heterocycles. The highest BCUT2D eigenvalue weighted by atomic mass is 35.5. The van der Waals surface area contributed by atoms with Crippen LogP contribution in [0.2, 0.25) is 5.15 Å². The summed E-state index contributed by atoms with van der Waals surface area (Å²) in [6.07, 6.45) is 2.67. The van der Waals surface area contributed by atoms with Crippen LogP contribution >= 0.6 is 11.6 Å². The van der Waals surface area contributed by atoms with E-state index < -0.39 is 0 Å². The van der Waals surface area contributed by atoms with E-state index in [9.17, 15) is 9.59 Å². The van der Waals surface area contributed by atoms with Crippen LogP contribution in [0, 0.1) is 0 Å². The van der Waals surface area contributed by atoms with Gasteiger partial charge >= 0.3 is 0 Å². The van der Waals surface area contributed by atoms with Gasteiger partial charge in [0.2, 0.25) is 5.91 Å². The third kappa shape index (κ3) is 2.72. The standard InChI is InChI=1S/C12H16ClN3O2/c1-3-10-14-9(13)6-11(17)16(10)7-12(18)15(2)8-4-5-8/h6,8H,3-5,7H2,1-2H3. The number of hydrogen-bond donors (Lipinski definition) is 0. The minimum atomic E-state index is -0.274. The molecule has 1 aliphatic rings. The second kappa shape index (κ2) is 5.10. The van der Waals surface area contributed by atoms with E-state index in [1.165, 1.54) is 10.6 Å². The van der Waals surface area contributed by atoms with Gasteiger partial charge in [0.15, 0.2) is 0 Å². The molecular weight excluding hydrogens is 254 g/mol. The van der Waals surface area contributed by atoms with E-state index in [-0.39, 0.29) is 23.2 Å². The molecule has 0 unspecified atom stereocenters. The number of amides is 1. The van der Waals surface area contributed by atoms with Crippen molar-refractivity contribution in [1.29, 1.82) is 0 Å². The molecule has 0 bridgehead atoms. The molecule has 2 rings (SSSR count). The normalized spacial score (nSPS) is 14.6. The SMILES string of the molecule is CCc1nc(Cl)cc(=O)n1CC(=O)N(C)C1CC1. The maximum Gasteiger partial charge on any atom is 0.255 e. The average molecular weight is 270 g/mol. The summed E-state index contributed by atoms with van der Waals surface area (Å²) in [5.74, 6) is 0.489. The maximum absolute atomic E-state index is 12.0. The Balaban J connectivity index is 2.22. The number of hydrogen-bond acceptors (Lipinski definition) is 3. The van der Waals surface area contributed by atoms with Gasteiger partial charge in [0, 0.05) is 25.6 Å². The van der Waals surface area contributed by atoms with Gasteiger partial charge in [-0.05, 0) is 12.8 Å². The maximum atomic E-state index is 12.0. The van der Waals surface area contributed by atoms with Crippen LogP contribution in [0.3, 0.4) is 0 Å². The van der Waals surface area contributed by atoms with Gasteiger partial charge in [0.1, 0.15) is 17.5 Å². The van der Waals surface area contributed by atoms with Crippen molar-refractivity contribution in [1.82, 2.24) is 14.5 Å². The highest BCUT2D eigenvalue weighted by Gasteiger charge is 2.29. The van der Waals surface area contributed by atoms with E-state index >= 15 is 0 Å². The van der Waals surface area contributed by atoms with Crippen LogP contribution in [-0.4, -0.2) is 33.4 Å². The summed E-state index contributed by atoms with van der Waals surface area (Å²) >= 11 is 5.74. The van der Waals surface area contributed by atoms with Crippen LogP contribution in [-0.2, 0) is 17.8 Å². The van der Waals surface area contributed by atoms with E-state index in [0.717, 1.165) is 12.8 Å². The highest BCUT2D eigenvalue weighted by Crippen LogP contribution is 2.25. The van der Waals surface area contributed by atoms with Gasteiger partial charge in [-0.1, -0.05) is 18.5 Å². The van der Waals surface area contributed by atoms with Crippen molar-refractivity contribution in [3.63, 3.8) is 0 Å². The van der Waals surface area contributed by atoms with Crippen molar-refractivity contribution in [2.24, 2.45) is 0 Å². The van der Waals surface area contributed by atoms with Crippen LogP contribution in [0.15, 0.2) is 10.9 Å². The molecule has 1 aromatic heterocycles. The molecule has 5 nitrogen and oxygen atoms in total. The van der Waals surface area contributed by atoms with Crippen molar-refractivity contribution >= 4 is 17.5 Å². The predicted molar refractivity (Wildman–Crippen MR) is 68.7 cm³/mol. The number of halogens is 1. The van der Waals surface area contributed by atoms with Crippen molar-refractivity contribution in [2.45, 2.75) is 38.8 Å². The second-order valence-corrected chi connectivity index (χ2v) is 4.90. The molecule has 98 valence electrons. The number of rotatable bonds is 4. The Labute approximate surface area is 110 Å². The zero-order chi connectivity index (χ0) is 13.3. The molecule has 1 saturated carbocycles. The van der Waals surface area contributed by atoms with Gasteiger partial charge in [-0.25, -0.2) is 4.98 Å². The van der Waals surface area contributed by atoms with Gasteiger partial charge in [0.05, 0.1) is 0 Å². The molecule has 1 aromatic rings. The van der Waals surface area contributed by atoms with E-state index in [1.807, 2.05) is 6.92 Å². The molecule has 6 heteroatoms. The van der Waals surface area contributed by atoms with Crippen molar-refractivity contribution in [2.75, 3.05) is 7.05 Å². The lowest BCUT2D eigenvalue weighted by Gasteiger charge is -2.18. The quantitative estimate of drug-likeness (QED) is 0.769. The summed E-state index contributed by atoms with van der Waals surface area (Å²) in [6, 6.07) is 1.59. The number of carbonyl (C=O) groups is 1. The Kier molecular flexibility index (Phi) is 3.71. The summed E-state index contributed by atoms with van der Waals surface area (Å²) in [4.78, 5) is 29.6. The summed E-state index contributed by atoms with van der Waals surface area (Å²) < 4.78 is 1.40.